The van der Waals surface area contributed by atoms with Crippen LogP contribution in [0.4, 0.5) is 0 Å². The number of carbonyl (C=O) groups excluding carboxylic acids is 1. The van der Waals surface area contributed by atoms with Crippen LogP contribution in [0, 0.1) is 5.92 Å². The molecule has 0 spiro atoms. The van der Waals surface area contributed by atoms with Crippen LogP contribution in [-0.4, -0.2) is 26.0 Å². The molecule has 3 heteroatoms. The van der Waals surface area contributed by atoms with E-state index in [9.17, 15) is 4.79 Å². The van der Waals surface area contributed by atoms with Gasteiger partial charge in [-0.25, -0.2) is 0 Å². The van der Waals surface area contributed by atoms with Crippen LogP contribution in [0.5, 0.6) is 5.75 Å². The molecule has 1 aromatic rings. The standard InChI is InChI=1S/C14H19NO2/c1-3-10-4-5-13(17-2)12(8-10)14(16)11-6-7-15-9-11/h4-5,8,11,15H,3,6-7,9H2,1-2H3. The molecule has 17 heavy (non-hydrogen) atoms. The maximum Gasteiger partial charge on any atom is 0.170 e. The first-order chi connectivity index (χ1) is 8.26. The Hall–Kier alpha value is -1.35. The van der Waals surface area contributed by atoms with Crippen molar-refractivity contribution < 1.29 is 9.53 Å². The van der Waals surface area contributed by atoms with Gasteiger partial charge in [0.05, 0.1) is 12.7 Å². The highest BCUT2D eigenvalue weighted by Crippen LogP contribution is 2.25. The molecule has 0 radical (unpaired) electrons. The second-order valence-electron chi connectivity index (χ2n) is 4.44. The van der Waals surface area contributed by atoms with Gasteiger partial charge in [-0.3, -0.25) is 4.79 Å². The molecule has 3 nitrogen and oxygen atoms in total. The lowest BCUT2D eigenvalue weighted by Gasteiger charge is -2.12. The molecule has 0 aliphatic carbocycles. The number of methoxy groups -OCH3 is 1. The molecule has 0 amide bonds. The number of rotatable bonds is 4. The lowest BCUT2D eigenvalue weighted by molar-refractivity contribution is 0.0927. The quantitative estimate of drug-likeness (QED) is 0.809. The van der Waals surface area contributed by atoms with Gasteiger partial charge in [-0.1, -0.05) is 13.0 Å². The molecule has 1 atom stereocenters. The van der Waals surface area contributed by atoms with Crippen molar-refractivity contribution in [1.82, 2.24) is 5.32 Å². The molecule has 1 aromatic carbocycles. The van der Waals surface area contributed by atoms with Crippen LogP contribution in [0.1, 0.15) is 29.3 Å². The van der Waals surface area contributed by atoms with Gasteiger partial charge in [0.2, 0.25) is 0 Å². The van der Waals surface area contributed by atoms with Gasteiger partial charge in [0.25, 0.3) is 0 Å². The molecule has 1 N–H and O–H groups in total. The second-order valence-corrected chi connectivity index (χ2v) is 4.44. The van der Waals surface area contributed by atoms with Gasteiger partial charge in [-0.2, -0.15) is 0 Å². The van der Waals surface area contributed by atoms with Crippen LogP contribution < -0.4 is 10.1 Å². The van der Waals surface area contributed by atoms with Crippen molar-refractivity contribution in [3.63, 3.8) is 0 Å². The van der Waals surface area contributed by atoms with Gasteiger partial charge in [-0.05, 0) is 37.1 Å². The summed E-state index contributed by atoms with van der Waals surface area (Å²) in [7, 11) is 1.62. The zero-order valence-electron chi connectivity index (χ0n) is 10.5. The van der Waals surface area contributed by atoms with Gasteiger partial charge >= 0.3 is 0 Å². The summed E-state index contributed by atoms with van der Waals surface area (Å²) in [6, 6.07) is 5.89. The molecule has 2 rings (SSSR count). The van der Waals surface area contributed by atoms with E-state index in [1.54, 1.807) is 7.11 Å². The van der Waals surface area contributed by atoms with Crippen molar-refractivity contribution in [2.45, 2.75) is 19.8 Å². The number of benzene rings is 1. The van der Waals surface area contributed by atoms with E-state index in [-0.39, 0.29) is 11.7 Å². The Morgan fingerprint density at radius 1 is 1.53 bits per heavy atom. The Morgan fingerprint density at radius 2 is 2.35 bits per heavy atom. The van der Waals surface area contributed by atoms with E-state index in [0.717, 1.165) is 31.5 Å². The number of hydrogen-bond donors (Lipinski definition) is 1. The van der Waals surface area contributed by atoms with E-state index in [2.05, 4.69) is 12.2 Å². The van der Waals surface area contributed by atoms with Gasteiger partial charge in [-0.15, -0.1) is 0 Å². The molecule has 1 fully saturated rings. The number of hydrogen-bond acceptors (Lipinski definition) is 3. The number of ether oxygens (including phenoxy) is 1. The SMILES string of the molecule is CCc1ccc(OC)c(C(=O)C2CCNC2)c1. The molecule has 1 heterocycles. The van der Waals surface area contributed by atoms with Gasteiger partial charge in [0.15, 0.2) is 5.78 Å². The number of Topliss-reactive ketones (excluding diaryl/α,β-unsaturated/α-hetero) is 1. The normalized spacial score (nSPS) is 19.3. The summed E-state index contributed by atoms with van der Waals surface area (Å²) < 4.78 is 5.28. The van der Waals surface area contributed by atoms with Crippen molar-refractivity contribution in [1.29, 1.82) is 0 Å². The molecule has 92 valence electrons. The summed E-state index contributed by atoms with van der Waals surface area (Å²) in [5.74, 6) is 1.01. The summed E-state index contributed by atoms with van der Waals surface area (Å²) in [6.45, 7) is 3.82. The monoisotopic (exact) mass is 233 g/mol. The second kappa shape index (κ2) is 5.32. The van der Waals surface area contributed by atoms with Crippen molar-refractivity contribution >= 4 is 5.78 Å². The first-order valence-electron chi connectivity index (χ1n) is 6.18. The predicted molar refractivity (Wildman–Crippen MR) is 67.7 cm³/mol. The third kappa shape index (κ3) is 2.50. The Labute approximate surface area is 102 Å². The van der Waals surface area contributed by atoms with E-state index in [1.807, 2.05) is 18.2 Å². The smallest absolute Gasteiger partial charge is 0.170 e. The van der Waals surface area contributed by atoms with Crippen LogP contribution >= 0.6 is 0 Å². The summed E-state index contributed by atoms with van der Waals surface area (Å²) in [5.41, 5.74) is 1.92. The number of aryl methyl sites for hydroxylation is 1. The molecule has 1 saturated heterocycles. The minimum atomic E-state index is 0.107. The highest BCUT2D eigenvalue weighted by Gasteiger charge is 2.25. The predicted octanol–water partition coefficient (Wildman–Crippen LogP) is 2.05. The summed E-state index contributed by atoms with van der Waals surface area (Å²) in [5, 5.41) is 3.23. The van der Waals surface area contributed by atoms with Crippen molar-refractivity contribution in [3.8, 4) is 5.75 Å². The van der Waals surface area contributed by atoms with Crippen LogP contribution in [0.25, 0.3) is 0 Å². The van der Waals surface area contributed by atoms with E-state index in [0.29, 0.717) is 5.75 Å². The Morgan fingerprint density at radius 3 is 2.94 bits per heavy atom. The fourth-order valence-corrected chi connectivity index (χ4v) is 2.27. The average molecular weight is 233 g/mol. The molecule has 0 bridgehead atoms. The van der Waals surface area contributed by atoms with Gasteiger partial charge in [0.1, 0.15) is 5.75 Å². The first-order valence-corrected chi connectivity index (χ1v) is 6.18. The summed E-state index contributed by atoms with van der Waals surface area (Å²) in [6.07, 6.45) is 1.87. The lowest BCUT2D eigenvalue weighted by atomic mass is 9.94. The van der Waals surface area contributed by atoms with Crippen molar-refractivity contribution in [2.24, 2.45) is 5.92 Å². The van der Waals surface area contributed by atoms with Gasteiger partial charge in [0, 0.05) is 12.5 Å². The number of ketones is 1. The molecule has 1 aliphatic rings. The van der Waals surface area contributed by atoms with Gasteiger partial charge < -0.3 is 10.1 Å². The zero-order chi connectivity index (χ0) is 12.3. The van der Waals surface area contributed by atoms with Crippen molar-refractivity contribution in [2.75, 3.05) is 20.2 Å². The third-order valence-electron chi connectivity index (χ3n) is 3.37. The minimum absolute atomic E-state index is 0.107. The molecular weight excluding hydrogens is 214 g/mol. The first kappa shape index (κ1) is 12.1. The summed E-state index contributed by atoms with van der Waals surface area (Å²) >= 11 is 0. The van der Waals surface area contributed by atoms with Crippen LogP contribution in [0.2, 0.25) is 0 Å². The Balaban J connectivity index is 2.30. The molecular formula is C14H19NO2. The zero-order valence-corrected chi connectivity index (χ0v) is 10.5. The topological polar surface area (TPSA) is 38.3 Å². The van der Waals surface area contributed by atoms with Crippen molar-refractivity contribution in [3.05, 3.63) is 29.3 Å². The maximum absolute atomic E-state index is 12.4. The Bertz CT molecular complexity index is 409. The molecule has 0 saturated carbocycles. The van der Waals surface area contributed by atoms with E-state index in [1.165, 1.54) is 5.56 Å². The fraction of sp³-hybridized carbons (Fsp3) is 0.500. The Kier molecular flexibility index (Phi) is 3.79. The highest BCUT2D eigenvalue weighted by atomic mass is 16.5. The third-order valence-corrected chi connectivity index (χ3v) is 3.37. The van der Waals surface area contributed by atoms with E-state index < -0.39 is 0 Å². The molecule has 1 unspecified atom stereocenters. The largest absolute Gasteiger partial charge is 0.496 e. The fourth-order valence-electron chi connectivity index (χ4n) is 2.27. The van der Waals surface area contributed by atoms with Crippen LogP contribution in [-0.2, 0) is 6.42 Å². The molecule has 1 aliphatic heterocycles. The molecule has 0 aromatic heterocycles. The van der Waals surface area contributed by atoms with E-state index in [4.69, 9.17) is 4.74 Å². The maximum atomic E-state index is 12.4. The number of carbonyl (C=O) groups is 1. The lowest BCUT2D eigenvalue weighted by Crippen LogP contribution is -2.18. The average Bonchev–Trinajstić information content (AvgIpc) is 2.91. The highest BCUT2D eigenvalue weighted by molar-refractivity contribution is 6.00. The van der Waals surface area contributed by atoms with Crippen LogP contribution in [0.3, 0.4) is 0 Å². The summed E-state index contributed by atoms with van der Waals surface area (Å²) in [4.78, 5) is 12.4. The van der Waals surface area contributed by atoms with Crippen LogP contribution in [0.15, 0.2) is 18.2 Å². The van der Waals surface area contributed by atoms with E-state index >= 15 is 0 Å². The minimum Gasteiger partial charge on any atom is -0.496 e. The number of nitrogens with one attached hydrogen (secondary N) is 1.